The average molecular weight is 232 g/mol. The quantitative estimate of drug-likeness (QED) is 0.773. The third kappa shape index (κ3) is 2.10. The number of rotatable bonds is 2. The Labute approximate surface area is 88.6 Å². The van der Waals surface area contributed by atoms with Crippen LogP contribution in [-0.2, 0) is 10.0 Å². The first kappa shape index (κ1) is 11.9. The standard InChI is InChI=1S/C9H13FN2O2S/c1-6-8(10)4-7(11)5-9(6)15(13,14)12(2)3/h4-5H,11H2,1-3H3. The molecule has 0 aromatic heterocycles. The number of anilines is 1. The number of hydrogen-bond acceptors (Lipinski definition) is 3. The van der Waals surface area contributed by atoms with E-state index in [1.54, 1.807) is 0 Å². The van der Waals surface area contributed by atoms with Gasteiger partial charge in [0.05, 0.1) is 4.90 Å². The van der Waals surface area contributed by atoms with Crippen LogP contribution in [0.4, 0.5) is 10.1 Å². The summed E-state index contributed by atoms with van der Waals surface area (Å²) < 4.78 is 37.8. The maximum atomic E-state index is 13.3. The first-order valence-electron chi connectivity index (χ1n) is 4.25. The summed E-state index contributed by atoms with van der Waals surface area (Å²) in [6, 6.07) is 2.36. The summed E-state index contributed by atoms with van der Waals surface area (Å²) in [6.45, 7) is 1.41. The second kappa shape index (κ2) is 3.79. The van der Waals surface area contributed by atoms with Gasteiger partial charge in [0, 0.05) is 25.3 Å². The van der Waals surface area contributed by atoms with E-state index in [0.29, 0.717) is 0 Å². The third-order valence-corrected chi connectivity index (χ3v) is 4.02. The molecule has 0 unspecified atom stereocenters. The fourth-order valence-corrected chi connectivity index (χ4v) is 2.30. The van der Waals surface area contributed by atoms with Gasteiger partial charge in [0.25, 0.3) is 0 Å². The molecule has 1 aromatic rings. The molecule has 6 heteroatoms. The zero-order valence-electron chi connectivity index (χ0n) is 8.78. The largest absolute Gasteiger partial charge is 0.399 e. The van der Waals surface area contributed by atoms with Crippen molar-refractivity contribution in [2.45, 2.75) is 11.8 Å². The molecule has 0 amide bonds. The van der Waals surface area contributed by atoms with Crippen LogP contribution in [-0.4, -0.2) is 26.8 Å². The Morgan fingerprint density at radius 3 is 2.33 bits per heavy atom. The van der Waals surface area contributed by atoms with Crippen LogP contribution in [0.3, 0.4) is 0 Å². The Hall–Kier alpha value is -1.14. The third-order valence-electron chi connectivity index (χ3n) is 2.08. The van der Waals surface area contributed by atoms with Crippen molar-refractivity contribution in [2.24, 2.45) is 0 Å². The molecule has 0 aliphatic carbocycles. The van der Waals surface area contributed by atoms with Gasteiger partial charge in [-0.2, -0.15) is 0 Å². The van der Waals surface area contributed by atoms with Crippen LogP contribution >= 0.6 is 0 Å². The zero-order chi connectivity index (χ0) is 11.8. The van der Waals surface area contributed by atoms with Crippen molar-refractivity contribution < 1.29 is 12.8 Å². The molecule has 15 heavy (non-hydrogen) atoms. The molecule has 1 rings (SSSR count). The summed E-state index contributed by atoms with van der Waals surface area (Å²) in [5.74, 6) is -0.615. The van der Waals surface area contributed by atoms with Crippen LogP contribution in [0.15, 0.2) is 17.0 Å². The molecule has 0 spiro atoms. The lowest BCUT2D eigenvalue weighted by Gasteiger charge is -2.14. The molecule has 84 valence electrons. The average Bonchev–Trinajstić information content (AvgIpc) is 2.10. The molecule has 0 radical (unpaired) electrons. The Kier molecular flexibility index (Phi) is 3.01. The van der Waals surface area contributed by atoms with E-state index in [-0.39, 0.29) is 16.1 Å². The highest BCUT2D eigenvalue weighted by Crippen LogP contribution is 2.23. The van der Waals surface area contributed by atoms with Crippen LogP contribution in [0.25, 0.3) is 0 Å². The van der Waals surface area contributed by atoms with Gasteiger partial charge < -0.3 is 5.73 Å². The van der Waals surface area contributed by atoms with E-state index in [4.69, 9.17) is 5.73 Å². The number of nitrogens with zero attached hydrogens (tertiary/aromatic N) is 1. The lowest BCUT2D eigenvalue weighted by atomic mass is 10.2. The number of nitrogen functional groups attached to an aromatic ring is 1. The summed E-state index contributed by atoms with van der Waals surface area (Å²) in [5.41, 5.74) is 5.58. The van der Waals surface area contributed by atoms with Crippen molar-refractivity contribution in [1.82, 2.24) is 4.31 Å². The van der Waals surface area contributed by atoms with E-state index in [9.17, 15) is 12.8 Å². The van der Waals surface area contributed by atoms with E-state index in [0.717, 1.165) is 10.4 Å². The Morgan fingerprint density at radius 2 is 1.87 bits per heavy atom. The van der Waals surface area contributed by atoms with Crippen LogP contribution in [0, 0.1) is 12.7 Å². The Morgan fingerprint density at radius 1 is 1.33 bits per heavy atom. The number of hydrogen-bond donors (Lipinski definition) is 1. The van der Waals surface area contributed by atoms with Crippen LogP contribution in [0.1, 0.15) is 5.56 Å². The van der Waals surface area contributed by atoms with E-state index in [1.165, 1.54) is 27.1 Å². The smallest absolute Gasteiger partial charge is 0.243 e. The summed E-state index contributed by atoms with van der Waals surface area (Å²) in [7, 11) is -0.870. The van der Waals surface area contributed by atoms with E-state index >= 15 is 0 Å². The molecular formula is C9H13FN2O2S. The van der Waals surface area contributed by atoms with Crippen molar-refractivity contribution in [1.29, 1.82) is 0 Å². The van der Waals surface area contributed by atoms with Crippen LogP contribution in [0.5, 0.6) is 0 Å². The van der Waals surface area contributed by atoms with Crippen LogP contribution in [0.2, 0.25) is 0 Å². The highest BCUT2D eigenvalue weighted by atomic mass is 32.2. The molecule has 0 saturated heterocycles. The lowest BCUT2D eigenvalue weighted by Crippen LogP contribution is -2.23. The predicted octanol–water partition coefficient (Wildman–Crippen LogP) is 0.967. The topological polar surface area (TPSA) is 63.4 Å². The highest BCUT2D eigenvalue weighted by Gasteiger charge is 2.21. The summed E-state index contributed by atoms with van der Waals surface area (Å²) >= 11 is 0. The lowest BCUT2D eigenvalue weighted by molar-refractivity contribution is 0.518. The fourth-order valence-electron chi connectivity index (χ4n) is 1.14. The zero-order valence-corrected chi connectivity index (χ0v) is 9.60. The molecule has 0 aliphatic heterocycles. The molecule has 0 bridgehead atoms. The number of benzene rings is 1. The van der Waals surface area contributed by atoms with Gasteiger partial charge in [-0.05, 0) is 19.1 Å². The van der Waals surface area contributed by atoms with Gasteiger partial charge in [-0.15, -0.1) is 0 Å². The molecule has 0 atom stereocenters. The highest BCUT2D eigenvalue weighted by molar-refractivity contribution is 7.89. The second-order valence-corrected chi connectivity index (χ2v) is 5.53. The molecular weight excluding hydrogens is 219 g/mol. The van der Waals surface area contributed by atoms with E-state index in [1.807, 2.05) is 0 Å². The predicted molar refractivity (Wildman–Crippen MR) is 56.4 cm³/mol. The van der Waals surface area contributed by atoms with Gasteiger partial charge in [0.2, 0.25) is 10.0 Å². The minimum Gasteiger partial charge on any atom is -0.399 e. The molecule has 0 fully saturated rings. The SMILES string of the molecule is Cc1c(F)cc(N)cc1S(=O)(=O)N(C)C. The Balaban J connectivity index is 3.52. The van der Waals surface area contributed by atoms with Gasteiger partial charge in [-0.3, -0.25) is 0 Å². The van der Waals surface area contributed by atoms with E-state index < -0.39 is 15.8 Å². The maximum absolute atomic E-state index is 13.3. The van der Waals surface area contributed by atoms with Crippen LogP contribution < -0.4 is 5.73 Å². The van der Waals surface area contributed by atoms with Crippen molar-refractivity contribution >= 4 is 15.7 Å². The molecule has 4 nitrogen and oxygen atoms in total. The van der Waals surface area contributed by atoms with Gasteiger partial charge in [-0.25, -0.2) is 17.1 Å². The first-order valence-corrected chi connectivity index (χ1v) is 5.69. The van der Waals surface area contributed by atoms with Crippen molar-refractivity contribution in [3.63, 3.8) is 0 Å². The fraction of sp³-hybridized carbons (Fsp3) is 0.333. The minimum atomic E-state index is -3.64. The molecule has 2 N–H and O–H groups in total. The van der Waals surface area contributed by atoms with Gasteiger partial charge in [0.15, 0.2) is 0 Å². The van der Waals surface area contributed by atoms with Gasteiger partial charge >= 0.3 is 0 Å². The molecule has 0 saturated carbocycles. The first-order chi connectivity index (χ1) is 6.76. The van der Waals surface area contributed by atoms with Gasteiger partial charge in [-0.1, -0.05) is 0 Å². The Bertz CT molecular complexity index is 483. The van der Waals surface area contributed by atoms with Gasteiger partial charge in [0.1, 0.15) is 5.82 Å². The van der Waals surface area contributed by atoms with E-state index in [2.05, 4.69) is 0 Å². The monoisotopic (exact) mass is 232 g/mol. The summed E-state index contributed by atoms with van der Waals surface area (Å²) in [4.78, 5) is -0.0926. The van der Waals surface area contributed by atoms with Crippen molar-refractivity contribution in [3.05, 3.63) is 23.5 Å². The maximum Gasteiger partial charge on any atom is 0.243 e. The normalized spacial score (nSPS) is 12.1. The van der Waals surface area contributed by atoms with Crippen molar-refractivity contribution in [2.75, 3.05) is 19.8 Å². The number of nitrogens with two attached hydrogens (primary N) is 1. The molecule has 1 aromatic carbocycles. The summed E-state index contributed by atoms with van der Waals surface area (Å²) in [5, 5.41) is 0. The molecule has 0 aliphatic rings. The summed E-state index contributed by atoms with van der Waals surface area (Å²) in [6.07, 6.45) is 0. The molecule has 0 heterocycles. The number of halogens is 1. The number of sulfonamides is 1. The second-order valence-electron chi connectivity index (χ2n) is 3.41. The minimum absolute atomic E-state index is 0.0814. The van der Waals surface area contributed by atoms with Crippen molar-refractivity contribution in [3.8, 4) is 0 Å².